The maximum absolute atomic E-state index is 11.4. The van der Waals surface area contributed by atoms with Gasteiger partial charge >= 0.3 is 5.69 Å². The van der Waals surface area contributed by atoms with E-state index in [1.807, 2.05) is 0 Å². The number of aromatic nitrogens is 2. The van der Waals surface area contributed by atoms with E-state index in [0.29, 0.717) is 21.6 Å². The molecule has 2 N–H and O–H groups in total. The average molecular weight is 286 g/mol. The van der Waals surface area contributed by atoms with Crippen molar-refractivity contribution in [1.82, 2.24) is 9.55 Å². The molecule has 7 heteroatoms. The number of hydrogen-bond acceptors (Lipinski definition) is 3. The van der Waals surface area contributed by atoms with E-state index in [9.17, 15) is 9.59 Å². The minimum atomic E-state index is -0.495. The maximum atomic E-state index is 11.4. The lowest BCUT2D eigenvalue weighted by Crippen LogP contribution is -2.32. The van der Waals surface area contributed by atoms with E-state index in [1.54, 1.807) is 18.2 Å². The lowest BCUT2D eigenvalue weighted by molar-refractivity contribution is 0.778. The topological polar surface area (TPSA) is 66.9 Å². The lowest BCUT2D eigenvalue weighted by Gasteiger charge is -2.07. The Hall–Kier alpha value is -1.72. The van der Waals surface area contributed by atoms with Crippen LogP contribution >= 0.6 is 23.2 Å². The van der Waals surface area contributed by atoms with Gasteiger partial charge in [-0.2, -0.15) is 0 Å². The van der Waals surface area contributed by atoms with Crippen LogP contribution in [0.5, 0.6) is 0 Å². The van der Waals surface area contributed by atoms with E-state index < -0.39 is 11.2 Å². The highest BCUT2D eigenvalue weighted by Gasteiger charge is 2.03. The highest BCUT2D eigenvalue weighted by molar-refractivity contribution is 6.42. The SMILES string of the molecule is Cn1c(=O)cc(Nc2ccc(Cl)c(Cl)c2)[nH]c1=O. The molecule has 0 saturated heterocycles. The monoisotopic (exact) mass is 285 g/mol. The van der Waals surface area contributed by atoms with E-state index in [1.165, 1.54) is 13.1 Å². The van der Waals surface area contributed by atoms with Crippen LogP contribution in [0.3, 0.4) is 0 Å². The Morgan fingerprint density at radius 3 is 2.50 bits per heavy atom. The molecule has 0 aliphatic rings. The summed E-state index contributed by atoms with van der Waals surface area (Å²) in [5, 5.41) is 3.68. The van der Waals surface area contributed by atoms with E-state index in [-0.39, 0.29) is 0 Å². The molecule has 1 aromatic heterocycles. The van der Waals surface area contributed by atoms with Gasteiger partial charge in [-0.15, -0.1) is 0 Å². The van der Waals surface area contributed by atoms with E-state index >= 15 is 0 Å². The first-order chi connectivity index (χ1) is 8.47. The first-order valence-corrected chi connectivity index (χ1v) is 5.75. The number of anilines is 2. The van der Waals surface area contributed by atoms with Gasteiger partial charge < -0.3 is 5.32 Å². The third-order valence-electron chi connectivity index (χ3n) is 2.34. The van der Waals surface area contributed by atoms with Gasteiger partial charge in [0.05, 0.1) is 10.0 Å². The van der Waals surface area contributed by atoms with Gasteiger partial charge in [0.15, 0.2) is 0 Å². The zero-order valence-electron chi connectivity index (χ0n) is 9.33. The molecule has 0 fully saturated rings. The van der Waals surface area contributed by atoms with Crippen molar-refractivity contribution in [3.63, 3.8) is 0 Å². The predicted molar refractivity (Wildman–Crippen MR) is 72.0 cm³/mol. The summed E-state index contributed by atoms with van der Waals surface area (Å²) < 4.78 is 0.972. The van der Waals surface area contributed by atoms with Crippen LogP contribution in [0.4, 0.5) is 11.5 Å². The summed E-state index contributed by atoms with van der Waals surface area (Å²) in [6, 6.07) is 6.18. The van der Waals surface area contributed by atoms with E-state index in [4.69, 9.17) is 23.2 Å². The molecule has 0 aliphatic carbocycles. The number of hydrogen-bond donors (Lipinski definition) is 2. The minimum absolute atomic E-state index is 0.293. The zero-order valence-corrected chi connectivity index (χ0v) is 10.8. The van der Waals surface area contributed by atoms with Crippen LogP contribution in [-0.2, 0) is 7.05 Å². The maximum Gasteiger partial charge on any atom is 0.329 e. The first kappa shape index (κ1) is 12.7. The van der Waals surface area contributed by atoms with Gasteiger partial charge in [-0.1, -0.05) is 23.2 Å². The molecule has 5 nitrogen and oxygen atoms in total. The smallest absolute Gasteiger partial charge is 0.329 e. The molecule has 0 bridgehead atoms. The number of nitrogens with zero attached hydrogens (tertiary/aromatic N) is 1. The summed E-state index contributed by atoms with van der Waals surface area (Å²) in [5.74, 6) is 0.293. The summed E-state index contributed by atoms with van der Waals surface area (Å²) >= 11 is 11.6. The predicted octanol–water partition coefficient (Wildman–Crippen LogP) is 2.12. The van der Waals surface area contributed by atoms with E-state index in [0.717, 1.165) is 4.57 Å². The fourth-order valence-electron chi connectivity index (χ4n) is 1.35. The van der Waals surface area contributed by atoms with Crippen LogP contribution in [0.25, 0.3) is 0 Å². The average Bonchev–Trinajstić information content (AvgIpc) is 2.31. The summed E-state index contributed by atoms with van der Waals surface area (Å²) in [5.41, 5.74) is -0.278. The number of aromatic amines is 1. The van der Waals surface area contributed by atoms with Crippen LogP contribution in [0.1, 0.15) is 0 Å². The highest BCUT2D eigenvalue weighted by Crippen LogP contribution is 2.26. The summed E-state index contributed by atoms with van der Waals surface area (Å²) in [4.78, 5) is 25.3. The van der Waals surface area contributed by atoms with Crippen molar-refractivity contribution in [2.45, 2.75) is 0 Å². The van der Waals surface area contributed by atoms with Crippen LogP contribution in [-0.4, -0.2) is 9.55 Å². The third kappa shape index (κ3) is 2.57. The van der Waals surface area contributed by atoms with Crippen molar-refractivity contribution >= 4 is 34.7 Å². The number of rotatable bonds is 2. The Kier molecular flexibility index (Phi) is 3.45. The Morgan fingerprint density at radius 1 is 1.17 bits per heavy atom. The number of H-pyrrole nitrogens is 1. The van der Waals surface area contributed by atoms with Gasteiger partial charge in [-0.05, 0) is 18.2 Å². The van der Waals surface area contributed by atoms with Crippen LogP contribution in [0, 0.1) is 0 Å². The van der Waals surface area contributed by atoms with Gasteiger partial charge in [0.25, 0.3) is 5.56 Å². The van der Waals surface area contributed by atoms with Crippen molar-refractivity contribution in [2.24, 2.45) is 7.05 Å². The summed E-state index contributed by atoms with van der Waals surface area (Å²) in [7, 11) is 1.39. The van der Waals surface area contributed by atoms with Crippen molar-refractivity contribution < 1.29 is 0 Å². The van der Waals surface area contributed by atoms with Gasteiger partial charge in [0.2, 0.25) is 0 Å². The molecule has 2 rings (SSSR count). The quantitative estimate of drug-likeness (QED) is 0.888. The Labute approximate surface area is 112 Å². The largest absolute Gasteiger partial charge is 0.341 e. The summed E-state index contributed by atoms with van der Waals surface area (Å²) in [6.45, 7) is 0. The lowest BCUT2D eigenvalue weighted by atomic mass is 10.3. The second-order valence-corrected chi connectivity index (χ2v) is 4.45. The van der Waals surface area contributed by atoms with Crippen LogP contribution in [0.2, 0.25) is 10.0 Å². The fraction of sp³-hybridized carbons (Fsp3) is 0.0909. The number of halogens is 2. The molecule has 0 saturated carbocycles. The first-order valence-electron chi connectivity index (χ1n) is 5.00. The van der Waals surface area contributed by atoms with Gasteiger partial charge in [-0.3, -0.25) is 14.3 Å². The number of benzene rings is 1. The van der Waals surface area contributed by atoms with Gasteiger partial charge in [-0.25, -0.2) is 4.79 Å². The van der Waals surface area contributed by atoms with Gasteiger partial charge in [0.1, 0.15) is 5.82 Å². The van der Waals surface area contributed by atoms with Crippen molar-refractivity contribution in [3.8, 4) is 0 Å². The standard InChI is InChI=1S/C11H9Cl2N3O2/c1-16-10(17)5-9(15-11(16)18)14-6-2-3-7(12)8(13)4-6/h2-5,14H,1H3,(H,15,18). The molecule has 0 aliphatic heterocycles. The molecule has 2 aromatic rings. The molecular formula is C11H9Cl2N3O2. The second-order valence-electron chi connectivity index (χ2n) is 3.64. The fourth-order valence-corrected chi connectivity index (χ4v) is 1.65. The molecule has 94 valence electrons. The molecule has 0 unspecified atom stereocenters. The second kappa shape index (κ2) is 4.88. The molecular weight excluding hydrogens is 277 g/mol. The van der Waals surface area contributed by atoms with Gasteiger partial charge in [0, 0.05) is 18.8 Å². The number of nitrogens with one attached hydrogen (secondary N) is 2. The molecule has 1 aromatic carbocycles. The Morgan fingerprint density at radius 2 is 1.89 bits per heavy atom. The zero-order chi connectivity index (χ0) is 13.3. The highest BCUT2D eigenvalue weighted by atomic mass is 35.5. The Balaban J connectivity index is 2.37. The van der Waals surface area contributed by atoms with E-state index in [2.05, 4.69) is 10.3 Å². The molecule has 1 heterocycles. The summed E-state index contributed by atoms with van der Waals surface area (Å²) in [6.07, 6.45) is 0. The molecule has 18 heavy (non-hydrogen) atoms. The normalized spacial score (nSPS) is 10.4. The third-order valence-corrected chi connectivity index (χ3v) is 3.08. The molecule has 0 atom stereocenters. The Bertz CT molecular complexity index is 675. The minimum Gasteiger partial charge on any atom is -0.341 e. The van der Waals surface area contributed by atoms with Crippen molar-refractivity contribution in [1.29, 1.82) is 0 Å². The van der Waals surface area contributed by atoms with Crippen LogP contribution < -0.4 is 16.6 Å². The molecule has 0 amide bonds. The van der Waals surface area contributed by atoms with Crippen LogP contribution in [0.15, 0.2) is 33.9 Å². The van der Waals surface area contributed by atoms with Crippen molar-refractivity contribution in [2.75, 3.05) is 5.32 Å². The molecule has 0 spiro atoms. The van der Waals surface area contributed by atoms with Crippen molar-refractivity contribution in [3.05, 3.63) is 55.1 Å². The molecule has 0 radical (unpaired) electrons.